The minimum Gasteiger partial charge on any atom is -0.481 e. The van der Waals surface area contributed by atoms with Crippen molar-refractivity contribution in [2.75, 3.05) is 0 Å². The van der Waals surface area contributed by atoms with Crippen LogP contribution in [0.5, 0.6) is 0 Å². The Morgan fingerprint density at radius 1 is 1.23 bits per heavy atom. The standard InChI is InChI=1S/C17H16N2O2S/c1-10(9-15(20)21)17-16(18-11(2)22-17)14-8-7-12-5-3-4-6-13(12)19-14/h3-8,10H,9H2,1-2H3,(H,20,21). The van der Waals surface area contributed by atoms with Crippen molar-refractivity contribution in [2.24, 2.45) is 0 Å². The van der Waals surface area contributed by atoms with Crippen LogP contribution in [0.2, 0.25) is 0 Å². The van der Waals surface area contributed by atoms with Crippen molar-refractivity contribution >= 4 is 28.2 Å². The molecule has 0 aliphatic rings. The number of nitrogens with zero attached hydrogens (tertiary/aromatic N) is 2. The molecule has 0 amide bonds. The van der Waals surface area contributed by atoms with Crippen LogP contribution in [0.1, 0.15) is 29.1 Å². The summed E-state index contributed by atoms with van der Waals surface area (Å²) in [6, 6.07) is 11.9. The van der Waals surface area contributed by atoms with Crippen LogP contribution < -0.4 is 0 Å². The molecule has 2 aromatic heterocycles. The molecule has 1 unspecified atom stereocenters. The molecule has 0 bridgehead atoms. The first-order valence-corrected chi connectivity index (χ1v) is 7.91. The Morgan fingerprint density at radius 3 is 2.77 bits per heavy atom. The molecule has 2 heterocycles. The Hall–Kier alpha value is -2.27. The molecule has 1 N–H and O–H groups in total. The van der Waals surface area contributed by atoms with Crippen LogP contribution in [0.4, 0.5) is 0 Å². The molecule has 0 fully saturated rings. The van der Waals surface area contributed by atoms with Crippen LogP contribution in [0, 0.1) is 6.92 Å². The highest BCUT2D eigenvalue weighted by molar-refractivity contribution is 7.12. The van der Waals surface area contributed by atoms with E-state index in [1.165, 1.54) is 0 Å². The van der Waals surface area contributed by atoms with Gasteiger partial charge in [0.05, 0.1) is 22.6 Å². The van der Waals surface area contributed by atoms with Crippen molar-refractivity contribution in [2.45, 2.75) is 26.2 Å². The molecule has 0 aliphatic heterocycles. The number of pyridine rings is 1. The highest BCUT2D eigenvalue weighted by Gasteiger charge is 2.20. The van der Waals surface area contributed by atoms with Gasteiger partial charge >= 0.3 is 5.97 Å². The fourth-order valence-corrected chi connectivity index (χ4v) is 3.50. The van der Waals surface area contributed by atoms with Gasteiger partial charge in [0.1, 0.15) is 5.69 Å². The van der Waals surface area contributed by atoms with Gasteiger partial charge in [0.15, 0.2) is 0 Å². The minimum atomic E-state index is -0.795. The first-order chi connectivity index (χ1) is 10.5. The smallest absolute Gasteiger partial charge is 0.303 e. The number of aliphatic carboxylic acids is 1. The van der Waals surface area contributed by atoms with E-state index in [1.54, 1.807) is 11.3 Å². The Balaban J connectivity index is 2.08. The Morgan fingerprint density at radius 2 is 2.00 bits per heavy atom. The van der Waals surface area contributed by atoms with Crippen molar-refractivity contribution in [3.63, 3.8) is 0 Å². The van der Waals surface area contributed by atoms with Crippen LogP contribution in [-0.2, 0) is 4.79 Å². The second kappa shape index (κ2) is 5.85. The molecule has 0 spiro atoms. The molecule has 22 heavy (non-hydrogen) atoms. The lowest BCUT2D eigenvalue weighted by atomic mass is 10.0. The second-order valence-corrected chi connectivity index (χ2v) is 6.57. The number of benzene rings is 1. The monoisotopic (exact) mass is 312 g/mol. The van der Waals surface area contributed by atoms with E-state index in [4.69, 9.17) is 5.11 Å². The van der Waals surface area contributed by atoms with Crippen molar-refractivity contribution < 1.29 is 9.90 Å². The lowest BCUT2D eigenvalue weighted by molar-refractivity contribution is -0.137. The Bertz CT molecular complexity index is 842. The normalized spacial score (nSPS) is 12.5. The molecule has 5 heteroatoms. The van der Waals surface area contributed by atoms with Gasteiger partial charge in [0, 0.05) is 16.2 Å². The third-order valence-electron chi connectivity index (χ3n) is 3.53. The summed E-state index contributed by atoms with van der Waals surface area (Å²) in [6.07, 6.45) is 0.0994. The number of hydrogen-bond acceptors (Lipinski definition) is 4. The summed E-state index contributed by atoms with van der Waals surface area (Å²) < 4.78 is 0. The van der Waals surface area contributed by atoms with Crippen molar-refractivity contribution in [3.8, 4) is 11.4 Å². The molecular formula is C17H16N2O2S. The van der Waals surface area contributed by atoms with Gasteiger partial charge < -0.3 is 5.11 Å². The molecule has 112 valence electrons. The van der Waals surface area contributed by atoms with Gasteiger partial charge in [-0.15, -0.1) is 11.3 Å². The number of hydrogen-bond donors (Lipinski definition) is 1. The number of carboxylic acids is 1. The number of para-hydroxylation sites is 1. The van der Waals surface area contributed by atoms with Gasteiger partial charge in [-0.2, -0.15) is 0 Å². The predicted molar refractivity (Wildman–Crippen MR) is 88.3 cm³/mol. The fraction of sp³-hybridized carbons (Fsp3) is 0.235. The van der Waals surface area contributed by atoms with Crippen molar-refractivity contribution in [1.82, 2.24) is 9.97 Å². The van der Waals surface area contributed by atoms with Gasteiger partial charge in [-0.25, -0.2) is 9.97 Å². The molecular weight excluding hydrogens is 296 g/mol. The molecule has 3 aromatic rings. The van der Waals surface area contributed by atoms with Gasteiger partial charge in [-0.3, -0.25) is 4.79 Å². The van der Waals surface area contributed by atoms with E-state index in [0.717, 1.165) is 32.2 Å². The van der Waals surface area contributed by atoms with Gasteiger partial charge in [-0.1, -0.05) is 31.2 Å². The summed E-state index contributed by atoms with van der Waals surface area (Å²) in [7, 11) is 0. The minimum absolute atomic E-state index is 0.0769. The van der Waals surface area contributed by atoms with E-state index in [1.807, 2.05) is 50.2 Å². The molecule has 4 nitrogen and oxygen atoms in total. The molecule has 0 aliphatic carbocycles. The second-order valence-electron chi connectivity index (χ2n) is 5.33. The van der Waals surface area contributed by atoms with E-state index >= 15 is 0 Å². The van der Waals surface area contributed by atoms with E-state index in [-0.39, 0.29) is 12.3 Å². The Kier molecular flexibility index (Phi) is 3.90. The quantitative estimate of drug-likeness (QED) is 0.782. The van der Waals surface area contributed by atoms with Crippen molar-refractivity contribution in [1.29, 1.82) is 0 Å². The summed E-state index contributed by atoms with van der Waals surface area (Å²) in [6.45, 7) is 3.86. The topological polar surface area (TPSA) is 63.1 Å². The number of aryl methyl sites for hydroxylation is 1. The first kappa shape index (κ1) is 14.7. The maximum Gasteiger partial charge on any atom is 0.303 e. The van der Waals surface area contributed by atoms with Crippen molar-refractivity contribution in [3.05, 3.63) is 46.3 Å². The zero-order chi connectivity index (χ0) is 15.7. The maximum absolute atomic E-state index is 11.0. The highest BCUT2D eigenvalue weighted by Crippen LogP contribution is 2.35. The lowest BCUT2D eigenvalue weighted by Crippen LogP contribution is -2.03. The summed E-state index contributed by atoms with van der Waals surface area (Å²) in [5.74, 6) is -0.872. The van der Waals surface area contributed by atoms with E-state index in [9.17, 15) is 4.79 Å². The number of aromatic nitrogens is 2. The van der Waals surface area contributed by atoms with Gasteiger partial charge in [0.2, 0.25) is 0 Å². The summed E-state index contributed by atoms with van der Waals surface area (Å²) in [5.41, 5.74) is 2.53. The van der Waals surface area contributed by atoms with Gasteiger partial charge in [-0.05, 0) is 19.1 Å². The average molecular weight is 312 g/mol. The fourth-order valence-electron chi connectivity index (χ4n) is 2.51. The predicted octanol–water partition coefficient (Wildman–Crippen LogP) is 4.24. The molecule has 0 radical (unpaired) electrons. The zero-order valence-corrected chi connectivity index (χ0v) is 13.2. The average Bonchev–Trinajstić information content (AvgIpc) is 2.88. The third-order valence-corrected chi connectivity index (χ3v) is 4.73. The van der Waals surface area contributed by atoms with Crippen LogP contribution in [-0.4, -0.2) is 21.0 Å². The van der Waals surface area contributed by atoms with E-state index in [2.05, 4.69) is 9.97 Å². The van der Waals surface area contributed by atoms with Crippen LogP contribution in [0.15, 0.2) is 36.4 Å². The number of thiazole rings is 1. The van der Waals surface area contributed by atoms with E-state index in [0.29, 0.717) is 0 Å². The molecule has 3 rings (SSSR count). The van der Waals surface area contributed by atoms with Crippen LogP contribution >= 0.6 is 11.3 Å². The van der Waals surface area contributed by atoms with Gasteiger partial charge in [0.25, 0.3) is 0 Å². The molecule has 1 atom stereocenters. The summed E-state index contributed by atoms with van der Waals surface area (Å²) >= 11 is 1.55. The zero-order valence-electron chi connectivity index (χ0n) is 12.4. The summed E-state index contributed by atoms with van der Waals surface area (Å²) in [5, 5.41) is 11.0. The number of carboxylic acid groups (broad SMARTS) is 1. The highest BCUT2D eigenvalue weighted by atomic mass is 32.1. The third kappa shape index (κ3) is 2.85. The number of carbonyl (C=O) groups is 1. The molecule has 0 saturated carbocycles. The SMILES string of the molecule is Cc1nc(-c2ccc3ccccc3n2)c(C(C)CC(=O)O)s1. The first-order valence-electron chi connectivity index (χ1n) is 7.10. The maximum atomic E-state index is 11.0. The van der Waals surface area contributed by atoms with E-state index < -0.39 is 5.97 Å². The van der Waals surface area contributed by atoms with Crippen LogP contribution in [0.3, 0.4) is 0 Å². The molecule has 0 saturated heterocycles. The van der Waals surface area contributed by atoms with Crippen LogP contribution in [0.25, 0.3) is 22.3 Å². The number of fused-ring (bicyclic) bond motifs is 1. The largest absolute Gasteiger partial charge is 0.481 e. The number of rotatable bonds is 4. The lowest BCUT2D eigenvalue weighted by Gasteiger charge is -2.09. The summed E-state index contributed by atoms with van der Waals surface area (Å²) in [4.78, 5) is 21.2. The Labute approximate surface area is 132 Å². The molecule has 1 aromatic carbocycles.